The first kappa shape index (κ1) is 14.1. The van der Waals surface area contributed by atoms with Crippen molar-refractivity contribution in [2.24, 2.45) is 0 Å². The molecule has 1 aromatic rings. The minimum Gasteiger partial charge on any atom is -0.377 e. The number of benzene rings is 1. The number of halogens is 2. The number of hydrogen-bond donors (Lipinski definition) is 1. The molecule has 0 spiro atoms. The summed E-state index contributed by atoms with van der Waals surface area (Å²) < 4.78 is 18.4. The molecule has 0 unspecified atom stereocenters. The number of nitrogens with zero attached hydrogens (tertiary/aromatic N) is 1. The summed E-state index contributed by atoms with van der Waals surface area (Å²) in [7, 11) is 0. The van der Waals surface area contributed by atoms with Crippen LogP contribution >= 0.6 is 11.6 Å². The molecule has 1 aliphatic heterocycles. The summed E-state index contributed by atoms with van der Waals surface area (Å²) in [5.74, 6) is -0.431. The van der Waals surface area contributed by atoms with E-state index in [2.05, 4.69) is 5.32 Å². The lowest BCUT2D eigenvalue weighted by Crippen LogP contribution is -2.38. The lowest BCUT2D eigenvalue weighted by atomic mass is 10.3. The van der Waals surface area contributed by atoms with Crippen LogP contribution in [0.15, 0.2) is 18.2 Å². The molecule has 0 aliphatic carbocycles. The molecule has 1 fully saturated rings. The van der Waals surface area contributed by atoms with Gasteiger partial charge in [-0.3, -0.25) is 0 Å². The molecule has 0 aromatic heterocycles. The molecule has 6 heteroatoms. The first-order valence-corrected chi connectivity index (χ1v) is 6.56. The van der Waals surface area contributed by atoms with E-state index >= 15 is 0 Å². The Morgan fingerprint density at radius 2 is 2.37 bits per heavy atom. The molecule has 1 N–H and O–H groups in total. The van der Waals surface area contributed by atoms with Crippen molar-refractivity contribution in [2.75, 3.05) is 25.0 Å². The maximum absolute atomic E-state index is 12.9. The predicted octanol–water partition coefficient (Wildman–Crippen LogP) is 3.12. The van der Waals surface area contributed by atoms with Gasteiger partial charge in [-0.15, -0.1) is 0 Å². The van der Waals surface area contributed by atoms with Gasteiger partial charge in [-0.2, -0.15) is 0 Å². The van der Waals surface area contributed by atoms with E-state index in [9.17, 15) is 9.18 Å². The lowest BCUT2D eigenvalue weighted by Gasteiger charge is -2.22. The molecule has 0 bridgehead atoms. The van der Waals surface area contributed by atoms with Gasteiger partial charge in [-0.05, 0) is 31.5 Å². The summed E-state index contributed by atoms with van der Waals surface area (Å²) in [5.41, 5.74) is 0.408. The van der Waals surface area contributed by atoms with Crippen molar-refractivity contribution in [2.45, 2.75) is 19.4 Å². The summed E-state index contributed by atoms with van der Waals surface area (Å²) in [4.78, 5) is 13.8. The fraction of sp³-hybridized carbons (Fsp3) is 0.462. The van der Waals surface area contributed by atoms with Crippen LogP contribution in [0.3, 0.4) is 0 Å². The number of ether oxygens (including phenoxy) is 1. The van der Waals surface area contributed by atoms with Crippen LogP contribution < -0.4 is 5.32 Å². The largest absolute Gasteiger partial charge is 0.377 e. The third kappa shape index (κ3) is 3.81. The molecule has 0 saturated carbocycles. The molecular formula is C13H16ClFN2O2. The van der Waals surface area contributed by atoms with Gasteiger partial charge in [-0.1, -0.05) is 11.6 Å². The van der Waals surface area contributed by atoms with Gasteiger partial charge in [0.25, 0.3) is 0 Å². The first-order valence-electron chi connectivity index (χ1n) is 6.19. The lowest BCUT2D eigenvalue weighted by molar-refractivity contribution is 0.0718. The second-order valence-electron chi connectivity index (χ2n) is 4.54. The predicted molar refractivity (Wildman–Crippen MR) is 72.0 cm³/mol. The smallest absolute Gasteiger partial charge is 0.321 e. The Bertz CT molecular complexity index is 470. The molecule has 1 heterocycles. The van der Waals surface area contributed by atoms with E-state index in [0.29, 0.717) is 25.4 Å². The van der Waals surface area contributed by atoms with Crippen LogP contribution in [-0.4, -0.2) is 36.7 Å². The zero-order valence-corrected chi connectivity index (χ0v) is 11.4. The third-order valence-corrected chi connectivity index (χ3v) is 3.22. The second-order valence-corrected chi connectivity index (χ2v) is 4.94. The Morgan fingerprint density at radius 3 is 3.11 bits per heavy atom. The van der Waals surface area contributed by atoms with Crippen LogP contribution in [0.1, 0.15) is 13.3 Å². The van der Waals surface area contributed by atoms with E-state index in [-0.39, 0.29) is 17.2 Å². The third-order valence-electron chi connectivity index (χ3n) is 2.91. The van der Waals surface area contributed by atoms with Gasteiger partial charge >= 0.3 is 6.03 Å². The fourth-order valence-electron chi connectivity index (χ4n) is 1.96. The van der Waals surface area contributed by atoms with Gasteiger partial charge < -0.3 is 15.0 Å². The molecule has 1 atom stereocenters. The maximum Gasteiger partial charge on any atom is 0.321 e. The van der Waals surface area contributed by atoms with E-state index in [0.717, 1.165) is 6.42 Å². The monoisotopic (exact) mass is 286 g/mol. The Balaban J connectivity index is 2.03. The molecule has 2 rings (SSSR count). The van der Waals surface area contributed by atoms with Crippen LogP contribution in [0, 0.1) is 5.82 Å². The van der Waals surface area contributed by atoms with Gasteiger partial charge in [0.1, 0.15) is 5.82 Å². The minimum atomic E-state index is -0.431. The zero-order chi connectivity index (χ0) is 13.8. The number of anilines is 1. The molecule has 4 nitrogen and oxygen atoms in total. The van der Waals surface area contributed by atoms with Crippen LogP contribution in [-0.2, 0) is 4.74 Å². The number of amides is 2. The van der Waals surface area contributed by atoms with Gasteiger partial charge in [0.05, 0.1) is 16.8 Å². The van der Waals surface area contributed by atoms with Crippen LogP contribution in [0.2, 0.25) is 5.02 Å². The molecule has 1 aliphatic rings. The SMILES string of the molecule is C[C@H]1CN(C(=O)Nc2ccc(F)cc2Cl)CCCO1. The fourth-order valence-corrected chi connectivity index (χ4v) is 2.18. The first-order chi connectivity index (χ1) is 9.06. The van der Waals surface area contributed by atoms with Crippen LogP contribution in [0.4, 0.5) is 14.9 Å². The number of rotatable bonds is 1. The van der Waals surface area contributed by atoms with Crippen molar-refractivity contribution in [1.29, 1.82) is 0 Å². The average molecular weight is 287 g/mol. The molecule has 19 heavy (non-hydrogen) atoms. The van der Waals surface area contributed by atoms with Gasteiger partial charge in [0.2, 0.25) is 0 Å². The highest BCUT2D eigenvalue weighted by molar-refractivity contribution is 6.33. The van der Waals surface area contributed by atoms with E-state index in [1.807, 2.05) is 6.92 Å². The maximum atomic E-state index is 12.9. The van der Waals surface area contributed by atoms with E-state index in [1.165, 1.54) is 18.2 Å². The van der Waals surface area contributed by atoms with E-state index < -0.39 is 5.82 Å². The van der Waals surface area contributed by atoms with Crippen molar-refractivity contribution >= 4 is 23.3 Å². The number of carbonyl (C=O) groups excluding carboxylic acids is 1. The molecule has 2 amide bonds. The molecule has 1 aromatic carbocycles. The van der Waals surface area contributed by atoms with Crippen LogP contribution in [0.25, 0.3) is 0 Å². The Hall–Kier alpha value is -1.33. The Kier molecular flexibility index (Phi) is 4.61. The summed E-state index contributed by atoms with van der Waals surface area (Å²) in [6.07, 6.45) is 0.812. The Morgan fingerprint density at radius 1 is 1.58 bits per heavy atom. The number of nitrogens with one attached hydrogen (secondary N) is 1. The molecule has 1 saturated heterocycles. The second kappa shape index (κ2) is 6.21. The number of hydrogen-bond acceptors (Lipinski definition) is 2. The molecular weight excluding hydrogens is 271 g/mol. The van der Waals surface area contributed by atoms with Crippen molar-refractivity contribution in [3.8, 4) is 0 Å². The highest BCUT2D eigenvalue weighted by Gasteiger charge is 2.20. The molecule has 0 radical (unpaired) electrons. The average Bonchev–Trinajstić information content (AvgIpc) is 2.57. The summed E-state index contributed by atoms with van der Waals surface area (Å²) in [6, 6.07) is 3.64. The standard InChI is InChI=1S/C13H16ClFN2O2/c1-9-8-17(5-2-6-19-9)13(18)16-12-4-3-10(15)7-11(12)14/h3-4,7,9H,2,5-6,8H2,1H3,(H,16,18)/t9-/m0/s1. The highest BCUT2D eigenvalue weighted by Crippen LogP contribution is 2.23. The van der Waals surface area contributed by atoms with Gasteiger partial charge in [-0.25, -0.2) is 9.18 Å². The van der Waals surface area contributed by atoms with Crippen molar-refractivity contribution in [1.82, 2.24) is 4.90 Å². The normalized spacial score (nSPS) is 19.9. The van der Waals surface area contributed by atoms with Crippen molar-refractivity contribution in [3.05, 3.63) is 29.0 Å². The summed E-state index contributed by atoms with van der Waals surface area (Å²) in [6.45, 7) is 3.75. The minimum absolute atomic E-state index is 0.0111. The van der Waals surface area contributed by atoms with E-state index in [1.54, 1.807) is 4.90 Å². The number of carbonyl (C=O) groups is 1. The molecule has 104 valence electrons. The van der Waals surface area contributed by atoms with Gasteiger partial charge in [0, 0.05) is 19.7 Å². The number of urea groups is 1. The summed E-state index contributed by atoms with van der Waals surface area (Å²) >= 11 is 5.88. The van der Waals surface area contributed by atoms with Crippen molar-refractivity contribution < 1.29 is 13.9 Å². The quantitative estimate of drug-likeness (QED) is 0.862. The zero-order valence-electron chi connectivity index (χ0n) is 10.7. The highest BCUT2D eigenvalue weighted by atomic mass is 35.5. The Labute approximate surface area is 116 Å². The van der Waals surface area contributed by atoms with E-state index in [4.69, 9.17) is 16.3 Å². The summed E-state index contributed by atoms with van der Waals surface area (Å²) in [5, 5.41) is 2.88. The van der Waals surface area contributed by atoms with Crippen LogP contribution in [0.5, 0.6) is 0 Å². The van der Waals surface area contributed by atoms with Gasteiger partial charge in [0.15, 0.2) is 0 Å². The van der Waals surface area contributed by atoms with Crippen molar-refractivity contribution in [3.63, 3.8) is 0 Å². The topological polar surface area (TPSA) is 41.6 Å².